The van der Waals surface area contributed by atoms with Crippen molar-refractivity contribution in [3.63, 3.8) is 0 Å². The van der Waals surface area contributed by atoms with Crippen LogP contribution in [0.1, 0.15) is 15.9 Å². The Kier molecular flexibility index (Phi) is 5.21. The van der Waals surface area contributed by atoms with Gasteiger partial charge in [-0.2, -0.15) is 4.39 Å². The first-order valence-corrected chi connectivity index (χ1v) is 7.94. The number of rotatable bonds is 5. The Morgan fingerprint density at radius 1 is 1.00 bits per heavy atom. The zero-order chi connectivity index (χ0) is 19.4. The average Bonchev–Trinajstić information content (AvgIpc) is 2.68. The summed E-state index contributed by atoms with van der Waals surface area (Å²) in [5.41, 5.74) is 0.566. The lowest BCUT2D eigenvalue weighted by Gasteiger charge is -2.11. The minimum atomic E-state index is -1.26. The number of carbonyl (C=O) groups excluding carboxylic acids is 1. The van der Waals surface area contributed by atoms with Gasteiger partial charge in [0.25, 0.3) is 5.91 Å². The van der Waals surface area contributed by atoms with Crippen molar-refractivity contribution in [1.82, 2.24) is 0 Å². The Morgan fingerprint density at radius 3 is 2.44 bits per heavy atom. The van der Waals surface area contributed by atoms with Gasteiger partial charge in [0, 0.05) is 5.56 Å². The van der Waals surface area contributed by atoms with Gasteiger partial charge in [0.2, 0.25) is 5.82 Å². The Bertz CT molecular complexity index is 977. The van der Waals surface area contributed by atoms with E-state index in [1.807, 2.05) is 30.3 Å². The molecule has 0 heterocycles. The lowest BCUT2D eigenvalue weighted by atomic mass is 10.1. The summed E-state index contributed by atoms with van der Waals surface area (Å²) in [5, 5.41) is 21.0. The van der Waals surface area contributed by atoms with Crippen LogP contribution in [-0.4, -0.2) is 16.1 Å². The number of anilines is 1. The van der Waals surface area contributed by atoms with Gasteiger partial charge in [0.1, 0.15) is 6.61 Å². The summed E-state index contributed by atoms with van der Waals surface area (Å²) in [7, 11) is 0. The van der Waals surface area contributed by atoms with E-state index in [4.69, 9.17) is 9.84 Å². The van der Waals surface area contributed by atoms with Gasteiger partial charge in [-0.1, -0.05) is 30.3 Å². The fourth-order valence-electron chi connectivity index (χ4n) is 2.34. The molecular weight excluding hydrogens is 356 g/mol. The second-order valence-corrected chi connectivity index (χ2v) is 5.67. The molecule has 3 aromatic rings. The number of hydrogen-bond acceptors (Lipinski definition) is 4. The van der Waals surface area contributed by atoms with Crippen LogP contribution in [0.25, 0.3) is 0 Å². The highest BCUT2D eigenvalue weighted by atomic mass is 19.1. The molecule has 5 nitrogen and oxygen atoms in total. The fraction of sp³-hybridized carbons (Fsp3) is 0.0500. The summed E-state index contributed by atoms with van der Waals surface area (Å²) < 4.78 is 33.1. The first-order valence-electron chi connectivity index (χ1n) is 7.94. The predicted molar refractivity (Wildman–Crippen MR) is 94.9 cm³/mol. The van der Waals surface area contributed by atoms with Gasteiger partial charge in [-0.25, -0.2) is 4.39 Å². The lowest BCUT2D eigenvalue weighted by Crippen LogP contribution is -2.12. The summed E-state index contributed by atoms with van der Waals surface area (Å²) in [5.74, 6) is -4.44. The van der Waals surface area contributed by atoms with Crippen LogP contribution >= 0.6 is 0 Å². The molecule has 0 spiro atoms. The molecule has 0 aliphatic heterocycles. The van der Waals surface area contributed by atoms with Crippen LogP contribution < -0.4 is 10.1 Å². The van der Waals surface area contributed by atoms with E-state index in [1.54, 1.807) is 0 Å². The number of phenolic OH excluding ortho intramolecular Hbond substituents is 2. The van der Waals surface area contributed by atoms with E-state index in [9.17, 15) is 18.7 Å². The van der Waals surface area contributed by atoms with E-state index >= 15 is 0 Å². The largest absolute Gasteiger partial charge is 0.505 e. The van der Waals surface area contributed by atoms with E-state index in [2.05, 4.69) is 5.32 Å². The molecule has 0 bridgehead atoms. The number of benzene rings is 3. The van der Waals surface area contributed by atoms with E-state index in [0.717, 1.165) is 23.8 Å². The van der Waals surface area contributed by atoms with Crippen LogP contribution in [0.5, 0.6) is 17.2 Å². The summed E-state index contributed by atoms with van der Waals surface area (Å²) in [6, 6.07) is 14.9. The first kappa shape index (κ1) is 18.2. The molecule has 0 aliphatic rings. The number of amides is 1. The molecule has 0 saturated carbocycles. The molecule has 0 unspecified atom stereocenters. The smallest absolute Gasteiger partial charge is 0.255 e. The van der Waals surface area contributed by atoms with Crippen molar-refractivity contribution in [2.24, 2.45) is 0 Å². The highest BCUT2D eigenvalue weighted by molar-refractivity contribution is 6.05. The normalized spacial score (nSPS) is 10.4. The number of hydrogen-bond donors (Lipinski definition) is 3. The van der Waals surface area contributed by atoms with Gasteiger partial charge in [0.15, 0.2) is 23.1 Å². The van der Waals surface area contributed by atoms with Crippen LogP contribution in [0.15, 0.2) is 60.7 Å². The molecule has 3 N–H and O–H groups in total. The molecular formula is C20H15F2NO4. The van der Waals surface area contributed by atoms with E-state index < -0.39 is 29.0 Å². The first-order chi connectivity index (χ1) is 13.0. The number of ether oxygens (including phenoxy) is 1. The fourth-order valence-corrected chi connectivity index (χ4v) is 2.34. The second kappa shape index (κ2) is 7.74. The Hall–Kier alpha value is -3.61. The van der Waals surface area contributed by atoms with Crippen molar-refractivity contribution >= 4 is 11.6 Å². The van der Waals surface area contributed by atoms with Gasteiger partial charge < -0.3 is 20.3 Å². The van der Waals surface area contributed by atoms with Crippen LogP contribution in [-0.2, 0) is 6.61 Å². The molecule has 0 radical (unpaired) electrons. The Labute approximate surface area is 153 Å². The number of aromatic hydroxyl groups is 2. The summed E-state index contributed by atoms with van der Waals surface area (Å²) >= 11 is 0. The molecule has 0 aliphatic carbocycles. The second-order valence-electron chi connectivity index (χ2n) is 5.67. The van der Waals surface area contributed by atoms with Crippen LogP contribution in [0.4, 0.5) is 14.5 Å². The van der Waals surface area contributed by atoms with E-state index in [0.29, 0.717) is 0 Å². The maximum absolute atomic E-state index is 14.2. The van der Waals surface area contributed by atoms with Crippen molar-refractivity contribution in [2.75, 3.05) is 5.32 Å². The zero-order valence-corrected chi connectivity index (χ0v) is 13.9. The number of nitrogens with one attached hydrogen (secondary N) is 1. The maximum atomic E-state index is 14.2. The van der Waals surface area contributed by atoms with Gasteiger partial charge >= 0.3 is 0 Å². The number of halogens is 2. The third kappa shape index (κ3) is 4.14. The van der Waals surface area contributed by atoms with Crippen molar-refractivity contribution in [3.05, 3.63) is 83.4 Å². The molecule has 3 aromatic carbocycles. The zero-order valence-electron chi connectivity index (χ0n) is 13.9. The molecule has 0 fully saturated rings. The summed E-state index contributed by atoms with van der Waals surface area (Å²) in [6.07, 6.45) is 0. The molecule has 27 heavy (non-hydrogen) atoms. The standard InChI is InChI=1S/C20H15F2NO4/c21-14-10-13(6-9-17(14)27-11-12-4-2-1-3-5-12)20(26)23-15-7-8-16(24)18(22)19(15)25/h1-10,24-25H,11H2,(H,23,26). The van der Waals surface area contributed by atoms with E-state index in [1.165, 1.54) is 12.1 Å². The third-order valence-electron chi connectivity index (χ3n) is 3.78. The molecule has 0 atom stereocenters. The van der Waals surface area contributed by atoms with Gasteiger partial charge in [-0.3, -0.25) is 4.79 Å². The molecule has 0 aromatic heterocycles. The maximum Gasteiger partial charge on any atom is 0.255 e. The van der Waals surface area contributed by atoms with Crippen molar-refractivity contribution in [2.45, 2.75) is 6.61 Å². The summed E-state index contributed by atoms with van der Waals surface area (Å²) in [4.78, 5) is 12.2. The third-order valence-corrected chi connectivity index (χ3v) is 3.78. The quantitative estimate of drug-likeness (QED) is 0.464. The number of phenols is 2. The SMILES string of the molecule is O=C(Nc1ccc(O)c(F)c1O)c1ccc(OCc2ccccc2)c(F)c1. The van der Waals surface area contributed by atoms with Crippen molar-refractivity contribution < 1.29 is 28.5 Å². The number of carbonyl (C=O) groups is 1. The summed E-state index contributed by atoms with van der Waals surface area (Å²) in [6.45, 7) is 0.171. The van der Waals surface area contributed by atoms with Crippen LogP contribution in [0.3, 0.4) is 0 Å². The highest BCUT2D eigenvalue weighted by Crippen LogP contribution is 2.32. The highest BCUT2D eigenvalue weighted by Gasteiger charge is 2.16. The lowest BCUT2D eigenvalue weighted by molar-refractivity contribution is 0.102. The van der Waals surface area contributed by atoms with Crippen LogP contribution in [0, 0.1) is 11.6 Å². The predicted octanol–water partition coefficient (Wildman–Crippen LogP) is 4.21. The minimum absolute atomic E-state index is 0.0195. The van der Waals surface area contributed by atoms with Crippen LogP contribution in [0.2, 0.25) is 0 Å². The van der Waals surface area contributed by atoms with Gasteiger partial charge in [0.05, 0.1) is 5.69 Å². The van der Waals surface area contributed by atoms with Crippen molar-refractivity contribution in [1.29, 1.82) is 0 Å². The topological polar surface area (TPSA) is 78.8 Å². The molecule has 7 heteroatoms. The monoisotopic (exact) mass is 371 g/mol. The van der Waals surface area contributed by atoms with Gasteiger partial charge in [-0.15, -0.1) is 0 Å². The van der Waals surface area contributed by atoms with Gasteiger partial charge in [-0.05, 0) is 35.9 Å². The molecule has 3 rings (SSSR count). The van der Waals surface area contributed by atoms with Crippen molar-refractivity contribution in [3.8, 4) is 17.2 Å². The molecule has 138 valence electrons. The minimum Gasteiger partial charge on any atom is -0.505 e. The molecule has 1 amide bonds. The Morgan fingerprint density at radius 2 is 1.74 bits per heavy atom. The molecule has 0 saturated heterocycles. The average molecular weight is 371 g/mol. The Balaban J connectivity index is 1.71. The van der Waals surface area contributed by atoms with E-state index in [-0.39, 0.29) is 23.6 Å².